The van der Waals surface area contributed by atoms with Crippen molar-refractivity contribution < 1.29 is 4.39 Å². The monoisotopic (exact) mass is 297 g/mol. The molecule has 1 atom stereocenters. The van der Waals surface area contributed by atoms with Crippen molar-refractivity contribution in [2.75, 3.05) is 6.54 Å². The van der Waals surface area contributed by atoms with Crippen LogP contribution in [-0.2, 0) is 6.42 Å². The van der Waals surface area contributed by atoms with Crippen LogP contribution in [0.1, 0.15) is 35.2 Å². The van der Waals surface area contributed by atoms with Gasteiger partial charge in [0.1, 0.15) is 5.82 Å². The second-order valence-electron chi connectivity index (χ2n) is 4.29. The van der Waals surface area contributed by atoms with Crippen LogP contribution in [0.5, 0.6) is 0 Å². The van der Waals surface area contributed by atoms with Crippen LogP contribution >= 0.6 is 22.9 Å². The average molecular weight is 298 g/mol. The first-order chi connectivity index (χ1) is 9.17. The van der Waals surface area contributed by atoms with Gasteiger partial charge in [-0.3, -0.25) is 0 Å². The summed E-state index contributed by atoms with van der Waals surface area (Å²) in [7, 11) is 0. The summed E-state index contributed by atoms with van der Waals surface area (Å²) in [6, 6.07) is 9.20. The SMILES string of the molecule is CCNC(c1ccc(CC)s1)c1cccc(Cl)c1F. The summed E-state index contributed by atoms with van der Waals surface area (Å²) in [5.74, 6) is -0.332. The Morgan fingerprint density at radius 1 is 1.26 bits per heavy atom. The van der Waals surface area contributed by atoms with Crippen LogP contribution in [0.25, 0.3) is 0 Å². The number of thiophene rings is 1. The number of benzene rings is 1. The first-order valence-corrected chi connectivity index (χ1v) is 7.62. The van der Waals surface area contributed by atoms with Gasteiger partial charge in [-0.2, -0.15) is 0 Å². The third-order valence-electron chi connectivity index (χ3n) is 3.02. The van der Waals surface area contributed by atoms with Gasteiger partial charge >= 0.3 is 0 Å². The summed E-state index contributed by atoms with van der Waals surface area (Å²) < 4.78 is 14.2. The van der Waals surface area contributed by atoms with E-state index in [9.17, 15) is 4.39 Å². The predicted octanol–water partition coefficient (Wildman–Crippen LogP) is 4.80. The molecule has 1 N–H and O–H groups in total. The molecule has 0 spiro atoms. The van der Waals surface area contributed by atoms with Crippen molar-refractivity contribution in [2.24, 2.45) is 0 Å². The molecular weight excluding hydrogens is 281 g/mol. The topological polar surface area (TPSA) is 12.0 Å². The van der Waals surface area contributed by atoms with Crippen molar-refractivity contribution in [3.05, 3.63) is 56.5 Å². The van der Waals surface area contributed by atoms with E-state index in [1.165, 1.54) is 4.88 Å². The van der Waals surface area contributed by atoms with E-state index < -0.39 is 0 Å². The average Bonchev–Trinajstić information content (AvgIpc) is 2.88. The van der Waals surface area contributed by atoms with Gasteiger partial charge in [-0.15, -0.1) is 11.3 Å². The van der Waals surface area contributed by atoms with Crippen molar-refractivity contribution in [2.45, 2.75) is 26.3 Å². The zero-order chi connectivity index (χ0) is 13.8. The first kappa shape index (κ1) is 14.5. The van der Waals surface area contributed by atoms with Gasteiger partial charge in [0, 0.05) is 15.3 Å². The lowest BCUT2D eigenvalue weighted by Gasteiger charge is -2.18. The summed E-state index contributed by atoms with van der Waals surface area (Å²) in [5.41, 5.74) is 0.610. The fourth-order valence-corrected chi connectivity index (χ4v) is 3.28. The number of rotatable bonds is 5. The Kier molecular flexibility index (Phi) is 4.97. The fraction of sp³-hybridized carbons (Fsp3) is 0.333. The number of aryl methyl sites for hydroxylation is 1. The second-order valence-corrected chi connectivity index (χ2v) is 5.90. The van der Waals surface area contributed by atoms with E-state index in [0.29, 0.717) is 5.56 Å². The maximum atomic E-state index is 14.2. The standard InChI is InChI=1S/C15H17ClFNS/c1-3-10-8-9-13(19-10)15(18-4-2)11-6-5-7-12(16)14(11)17/h5-9,15,18H,3-4H2,1-2H3. The summed E-state index contributed by atoms with van der Waals surface area (Å²) in [6.07, 6.45) is 1.00. The lowest BCUT2D eigenvalue weighted by Crippen LogP contribution is -2.22. The Labute approximate surface area is 122 Å². The lowest BCUT2D eigenvalue weighted by atomic mass is 10.0. The van der Waals surface area contributed by atoms with E-state index in [1.54, 1.807) is 29.5 Å². The lowest BCUT2D eigenvalue weighted by molar-refractivity contribution is 0.563. The Bertz CT molecular complexity index is 553. The third-order valence-corrected chi connectivity index (χ3v) is 4.60. The number of halogens is 2. The molecule has 0 radical (unpaired) electrons. The normalized spacial score (nSPS) is 12.6. The molecule has 0 aliphatic carbocycles. The Morgan fingerprint density at radius 2 is 2.05 bits per heavy atom. The van der Waals surface area contributed by atoms with E-state index in [0.717, 1.165) is 17.8 Å². The van der Waals surface area contributed by atoms with Crippen molar-refractivity contribution in [1.82, 2.24) is 5.32 Å². The molecule has 0 aliphatic heterocycles. The molecule has 0 aliphatic rings. The number of hydrogen-bond acceptors (Lipinski definition) is 2. The summed E-state index contributed by atoms with van der Waals surface area (Å²) in [5, 5.41) is 3.51. The van der Waals surface area contributed by atoms with Crippen LogP contribution < -0.4 is 5.32 Å². The molecular formula is C15H17ClFNS. The Morgan fingerprint density at radius 3 is 2.68 bits per heavy atom. The maximum Gasteiger partial charge on any atom is 0.146 e. The molecule has 1 aromatic heterocycles. The van der Waals surface area contributed by atoms with E-state index in [4.69, 9.17) is 11.6 Å². The van der Waals surface area contributed by atoms with E-state index in [1.807, 2.05) is 6.92 Å². The van der Waals surface area contributed by atoms with Gasteiger partial charge < -0.3 is 5.32 Å². The van der Waals surface area contributed by atoms with Gasteiger partial charge in [0.05, 0.1) is 11.1 Å². The highest BCUT2D eigenvalue weighted by molar-refractivity contribution is 7.12. The molecule has 1 heterocycles. The highest BCUT2D eigenvalue weighted by Crippen LogP contribution is 2.32. The Balaban J connectivity index is 2.42. The first-order valence-electron chi connectivity index (χ1n) is 6.43. The van der Waals surface area contributed by atoms with Gasteiger partial charge in [-0.1, -0.05) is 37.6 Å². The molecule has 1 aromatic carbocycles. The maximum absolute atomic E-state index is 14.2. The van der Waals surface area contributed by atoms with Crippen molar-refractivity contribution in [3.8, 4) is 0 Å². The molecule has 102 valence electrons. The number of nitrogens with one attached hydrogen (secondary N) is 1. The van der Waals surface area contributed by atoms with Crippen molar-refractivity contribution in [1.29, 1.82) is 0 Å². The molecule has 0 bridgehead atoms. The second kappa shape index (κ2) is 6.51. The largest absolute Gasteiger partial charge is 0.306 e. The molecule has 0 saturated carbocycles. The molecule has 2 rings (SSSR count). The molecule has 1 nitrogen and oxygen atoms in total. The Hall–Kier alpha value is -0.900. The fourth-order valence-electron chi connectivity index (χ4n) is 2.05. The van der Waals surface area contributed by atoms with Gasteiger partial charge in [-0.25, -0.2) is 4.39 Å². The molecule has 0 saturated heterocycles. The number of hydrogen-bond donors (Lipinski definition) is 1. The van der Waals surface area contributed by atoms with Gasteiger partial charge in [0.15, 0.2) is 0 Å². The quantitative estimate of drug-likeness (QED) is 0.836. The van der Waals surface area contributed by atoms with Crippen LogP contribution in [0, 0.1) is 5.82 Å². The van der Waals surface area contributed by atoms with Gasteiger partial charge in [-0.05, 0) is 31.2 Å². The highest BCUT2D eigenvalue weighted by Gasteiger charge is 2.20. The van der Waals surface area contributed by atoms with Gasteiger partial charge in [0.25, 0.3) is 0 Å². The smallest absolute Gasteiger partial charge is 0.146 e. The van der Waals surface area contributed by atoms with Gasteiger partial charge in [0.2, 0.25) is 0 Å². The van der Waals surface area contributed by atoms with Crippen LogP contribution in [0.15, 0.2) is 30.3 Å². The highest BCUT2D eigenvalue weighted by atomic mass is 35.5. The zero-order valence-corrected chi connectivity index (χ0v) is 12.6. The molecule has 19 heavy (non-hydrogen) atoms. The van der Waals surface area contributed by atoms with E-state index in [2.05, 4.69) is 24.4 Å². The van der Waals surface area contributed by atoms with Crippen LogP contribution in [0.4, 0.5) is 4.39 Å². The summed E-state index contributed by atoms with van der Waals surface area (Å²) >= 11 is 7.60. The summed E-state index contributed by atoms with van der Waals surface area (Å²) in [6.45, 7) is 4.91. The molecule has 4 heteroatoms. The summed E-state index contributed by atoms with van der Waals surface area (Å²) in [4.78, 5) is 2.43. The van der Waals surface area contributed by atoms with Crippen molar-refractivity contribution in [3.63, 3.8) is 0 Å². The molecule has 2 aromatic rings. The minimum absolute atomic E-state index is 0.131. The van der Waals surface area contributed by atoms with Crippen LogP contribution in [-0.4, -0.2) is 6.54 Å². The predicted molar refractivity (Wildman–Crippen MR) is 80.6 cm³/mol. The van der Waals surface area contributed by atoms with Crippen LogP contribution in [0.2, 0.25) is 5.02 Å². The third kappa shape index (κ3) is 3.16. The van der Waals surface area contributed by atoms with Crippen LogP contribution in [0.3, 0.4) is 0 Å². The van der Waals surface area contributed by atoms with E-state index >= 15 is 0 Å². The molecule has 0 fully saturated rings. The van der Waals surface area contributed by atoms with E-state index in [-0.39, 0.29) is 16.9 Å². The minimum atomic E-state index is -0.332. The molecule has 0 amide bonds. The van der Waals surface area contributed by atoms with Crippen molar-refractivity contribution >= 4 is 22.9 Å². The molecule has 1 unspecified atom stereocenters. The minimum Gasteiger partial charge on any atom is -0.306 e. The zero-order valence-electron chi connectivity index (χ0n) is 11.0.